The monoisotopic (exact) mass is 402 g/mol. The predicted octanol–water partition coefficient (Wildman–Crippen LogP) is 3.68. The standard InChI is InChI=1S/C19H19BrN2O3/c1-13-6-7-21(8-9-22-12-14(20)4-5-19(22)23)16-11-18(25-3)17(24-2)10-15(13)16/h4-7,10-12H,1,8-9H2,2-3H3. The molecule has 5 nitrogen and oxygen atoms in total. The highest BCUT2D eigenvalue weighted by Gasteiger charge is 2.19. The molecule has 130 valence electrons. The minimum absolute atomic E-state index is 0.0267. The number of hydrogen-bond acceptors (Lipinski definition) is 4. The van der Waals surface area contributed by atoms with Gasteiger partial charge in [0.2, 0.25) is 0 Å². The van der Waals surface area contributed by atoms with Crippen LogP contribution in [-0.2, 0) is 6.54 Å². The number of aromatic nitrogens is 1. The van der Waals surface area contributed by atoms with E-state index in [1.54, 1.807) is 37.1 Å². The molecule has 0 radical (unpaired) electrons. The molecule has 6 heteroatoms. The molecule has 0 unspecified atom stereocenters. The lowest BCUT2D eigenvalue weighted by Crippen LogP contribution is -2.28. The second-order valence-corrected chi connectivity index (χ2v) is 6.55. The van der Waals surface area contributed by atoms with Gasteiger partial charge in [-0.2, -0.15) is 0 Å². The first kappa shape index (κ1) is 17.4. The molecule has 0 saturated carbocycles. The van der Waals surface area contributed by atoms with E-state index in [-0.39, 0.29) is 5.56 Å². The molecule has 3 rings (SSSR count). The van der Waals surface area contributed by atoms with Crippen LogP contribution in [0.2, 0.25) is 0 Å². The van der Waals surface area contributed by atoms with E-state index in [2.05, 4.69) is 27.4 Å². The maximum Gasteiger partial charge on any atom is 0.250 e. The zero-order valence-corrected chi connectivity index (χ0v) is 15.7. The molecule has 0 bridgehead atoms. The van der Waals surface area contributed by atoms with Gasteiger partial charge in [-0.1, -0.05) is 6.58 Å². The van der Waals surface area contributed by atoms with Gasteiger partial charge in [-0.15, -0.1) is 0 Å². The van der Waals surface area contributed by atoms with Gasteiger partial charge < -0.3 is 18.9 Å². The van der Waals surface area contributed by atoms with Crippen molar-refractivity contribution in [2.24, 2.45) is 0 Å². The molecule has 1 aromatic carbocycles. The summed E-state index contributed by atoms with van der Waals surface area (Å²) in [4.78, 5) is 14.1. The molecule has 1 aromatic heterocycles. The summed E-state index contributed by atoms with van der Waals surface area (Å²) < 4.78 is 13.4. The summed E-state index contributed by atoms with van der Waals surface area (Å²) in [5.74, 6) is 1.33. The van der Waals surface area contributed by atoms with Crippen molar-refractivity contribution in [3.8, 4) is 11.5 Å². The van der Waals surface area contributed by atoms with Gasteiger partial charge in [0.1, 0.15) is 0 Å². The van der Waals surface area contributed by atoms with E-state index in [1.807, 2.05) is 24.4 Å². The number of hydrogen-bond donors (Lipinski definition) is 0. The minimum Gasteiger partial charge on any atom is -0.493 e. The van der Waals surface area contributed by atoms with Gasteiger partial charge in [0.15, 0.2) is 11.5 Å². The van der Waals surface area contributed by atoms with Crippen molar-refractivity contribution < 1.29 is 9.47 Å². The molecule has 1 aliphatic heterocycles. The van der Waals surface area contributed by atoms with Crippen LogP contribution < -0.4 is 19.9 Å². The van der Waals surface area contributed by atoms with Crippen molar-refractivity contribution >= 4 is 27.2 Å². The number of anilines is 1. The molecule has 2 heterocycles. The quantitative estimate of drug-likeness (QED) is 0.764. The SMILES string of the molecule is C=C1C=CN(CCn2cc(Br)ccc2=O)c2cc(OC)c(OC)cc21. The number of pyridine rings is 1. The van der Waals surface area contributed by atoms with Crippen LogP contribution in [0.4, 0.5) is 5.69 Å². The van der Waals surface area contributed by atoms with Crippen LogP contribution >= 0.6 is 15.9 Å². The van der Waals surface area contributed by atoms with Crippen LogP contribution in [0, 0.1) is 0 Å². The Bertz CT molecular complexity index is 902. The molecular weight excluding hydrogens is 384 g/mol. The molecule has 0 aliphatic carbocycles. The summed E-state index contributed by atoms with van der Waals surface area (Å²) in [6, 6.07) is 7.17. The Hall–Kier alpha value is -2.47. The first-order valence-electron chi connectivity index (χ1n) is 7.79. The van der Waals surface area contributed by atoms with Gasteiger partial charge in [-0.3, -0.25) is 4.79 Å². The van der Waals surface area contributed by atoms with E-state index >= 15 is 0 Å². The first-order valence-corrected chi connectivity index (χ1v) is 8.59. The second-order valence-electron chi connectivity index (χ2n) is 5.64. The van der Waals surface area contributed by atoms with E-state index in [4.69, 9.17) is 9.47 Å². The lowest BCUT2D eigenvalue weighted by molar-refractivity contribution is 0.355. The fourth-order valence-corrected chi connectivity index (χ4v) is 3.18. The molecule has 1 aliphatic rings. The van der Waals surface area contributed by atoms with Gasteiger partial charge in [-0.05, 0) is 39.7 Å². The average Bonchev–Trinajstić information content (AvgIpc) is 2.62. The molecule has 0 atom stereocenters. The van der Waals surface area contributed by atoms with Gasteiger partial charge in [-0.25, -0.2) is 0 Å². The summed E-state index contributed by atoms with van der Waals surface area (Å²) >= 11 is 3.40. The summed E-state index contributed by atoms with van der Waals surface area (Å²) in [6.07, 6.45) is 5.72. The maximum absolute atomic E-state index is 12.0. The fourth-order valence-electron chi connectivity index (χ4n) is 2.80. The second kappa shape index (κ2) is 7.19. The highest BCUT2D eigenvalue weighted by molar-refractivity contribution is 9.10. The van der Waals surface area contributed by atoms with Crippen molar-refractivity contribution in [3.05, 3.63) is 69.7 Å². The molecule has 0 amide bonds. The highest BCUT2D eigenvalue weighted by atomic mass is 79.9. The number of rotatable bonds is 5. The number of ether oxygens (including phenoxy) is 2. The van der Waals surface area contributed by atoms with E-state index in [9.17, 15) is 4.79 Å². The molecule has 2 aromatic rings. The molecule has 0 fully saturated rings. The van der Waals surface area contributed by atoms with Crippen molar-refractivity contribution in [2.75, 3.05) is 25.7 Å². The van der Waals surface area contributed by atoms with Crippen molar-refractivity contribution in [1.82, 2.24) is 4.57 Å². The van der Waals surface area contributed by atoms with Gasteiger partial charge in [0, 0.05) is 47.7 Å². The Kier molecular flexibility index (Phi) is 4.99. The molecule has 0 spiro atoms. The Morgan fingerprint density at radius 1 is 1.12 bits per heavy atom. The number of nitrogens with zero attached hydrogens (tertiary/aromatic N) is 2. The van der Waals surface area contributed by atoms with E-state index < -0.39 is 0 Å². The highest BCUT2D eigenvalue weighted by Crippen LogP contribution is 2.40. The van der Waals surface area contributed by atoms with E-state index in [0.29, 0.717) is 24.6 Å². The van der Waals surface area contributed by atoms with Gasteiger partial charge >= 0.3 is 0 Å². The van der Waals surface area contributed by atoms with Crippen LogP contribution in [0.15, 0.2) is 58.6 Å². The summed E-state index contributed by atoms with van der Waals surface area (Å²) in [5, 5.41) is 0. The third-order valence-electron chi connectivity index (χ3n) is 4.14. The predicted molar refractivity (Wildman–Crippen MR) is 103 cm³/mol. The molecular formula is C19H19BrN2O3. The number of allylic oxidation sites excluding steroid dienone is 2. The first-order chi connectivity index (χ1) is 12.0. The maximum atomic E-state index is 12.0. The van der Waals surface area contributed by atoms with Crippen LogP contribution in [0.3, 0.4) is 0 Å². The smallest absolute Gasteiger partial charge is 0.250 e. The third-order valence-corrected chi connectivity index (χ3v) is 4.61. The minimum atomic E-state index is -0.0267. The Labute approximate surface area is 154 Å². The zero-order chi connectivity index (χ0) is 18.0. The van der Waals surface area contributed by atoms with Crippen LogP contribution in [-0.4, -0.2) is 25.3 Å². The van der Waals surface area contributed by atoms with Gasteiger partial charge in [0.05, 0.1) is 19.9 Å². The number of halogens is 1. The topological polar surface area (TPSA) is 43.7 Å². The summed E-state index contributed by atoms with van der Waals surface area (Å²) in [7, 11) is 3.23. The average molecular weight is 403 g/mol. The van der Waals surface area contributed by atoms with E-state index in [0.717, 1.165) is 21.3 Å². The summed E-state index contributed by atoms with van der Waals surface area (Å²) in [6.45, 7) is 5.29. The molecule has 25 heavy (non-hydrogen) atoms. The Morgan fingerprint density at radius 3 is 2.56 bits per heavy atom. The van der Waals surface area contributed by atoms with Gasteiger partial charge in [0.25, 0.3) is 5.56 Å². The fraction of sp³-hybridized carbons (Fsp3) is 0.211. The number of fused-ring (bicyclic) bond motifs is 1. The largest absolute Gasteiger partial charge is 0.493 e. The molecule has 0 N–H and O–H groups in total. The lowest BCUT2D eigenvalue weighted by atomic mass is 10.0. The van der Waals surface area contributed by atoms with Crippen molar-refractivity contribution in [3.63, 3.8) is 0 Å². The van der Waals surface area contributed by atoms with Crippen LogP contribution in [0.5, 0.6) is 11.5 Å². The Balaban J connectivity index is 1.91. The van der Waals surface area contributed by atoms with Crippen molar-refractivity contribution in [2.45, 2.75) is 6.54 Å². The number of methoxy groups -OCH3 is 2. The van der Waals surface area contributed by atoms with Crippen LogP contribution in [0.1, 0.15) is 5.56 Å². The normalized spacial score (nSPS) is 12.9. The third kappa shape index (κ3) is 3.49. The zero-order valence-electron chi connectivity index (χ0n) is 14.2. The molecule has 0 saturated heterocycles. The van der Waals surface area contributed by atoms with Crippen molar-refractivity contribution in [1.29, 1.82) is 0 Å². The lowest BCUT2D eigenvalue weighted by Gasteiger charge is -2.28. The van der Waals surface area contributed by atoms with E-state index in [1.165, 1.54) is 0 Å². The number of benzene rings is 1. The summed E-state index contributed by atoms with van der Waals surface area (Å²) in [5.41, 5.74) is 2.85. The Morgan fingerprint density at radius 2 is 1.84 bits per heavy atom. The van der Waals surface area contributed by atoms with Crippen LogP contribution in [0.25, 0.3) is 5.57 Å².